The van der Waals surface area contributed by atoms with Gasteiger partial charge in [0.25, 0.3) is 5.91 Å². The van der Waals surface area contributed by atoms with E-state index in [9.17, 15) is 19.2 Å². The van der Waals surface area contributed by atoms with Gasteiger partial charge in [-0.2, -0.15) is 0 Å². The summed E-state index contributed by atoms with van der Waals surface area (Å²) in [6.07, 6.45) is 3.08. The molecule has 180 valence electrons. The van der Waals surface area contributed by atoms with Crippen LogP contribution < -0.4 is 10.6 Å². The van der Waals surface area contributed by atoms with Gasteiger partial charge in [-0.25, -0.2) is 0 Å². The number of nitrogens with zero attached hydrogens (tertiary/aromatic N) is 2. The number of hydrogen-bond donors (Lipinski definition) is 2. The number of likely N-dealkylation sites (tertiary alicyclic amines) is 1. The van der Waals surface area contributed by atoms with Crippen molar-refractivity contribution in [3.63, 3.8) is 0 Å². The molecule has 2 saturated heterocycles. The van der Waals surface area contributed by atoms with Crippen molar-refractivity contribution < 1.29 is 23.9 Å². The fourth-order valence-corrected chi connectivity index (χ4v) is 3.98. The second-order valence-corrected chi connectivity index (χ2v) is 8.96. The van der Waals surface area contributed by atoms with Crippen molar-refractivity contribution in [3.05, 3.63) is 29.8 Å². The maximum absolute atomic E-state index is 12.8. The summed E-state index contributed by atoms with van der Waals surface area (Å²) < 4.78 is 5.18. The van der Waals surface area contributed by atoms with E-state index in [1.807, 2.05) is 18.7 Å². The number of ether oxygens (including phenoxy) is 1. The Labute approximate surface area is 194 Å². The standard InChI is InChI=1S/C24H34N4O5/c1-17(2)16-33-22(30)14-20-23(31)25-10-13-28(20)21(29)15-26-19-8-6-18(7-9-19)24(32)27-11-4-3-5-12-27/h6-9,17,20,26H,3-5,10-16H2,1-2H3,(H,25,31). The average Bonchev–Trinajstić information content (AvgIpc) is 2.83. The highest BCUT2D eigenvalue weighted by Gasteiger charge is 2.35. The quantitative estimate of drug-likeness (QED) is 0.574. The fourth-order valence-electron chi connectivity index (χ4n) is 3.98. The molecule has 9 nitrogen and oxygen atoms in total. The Hall–Kier alpha value is -3.10. The average molecular weight is 459 g/mol. The van der Waals surface area contributed by atoms with Crippen LogP contribution in [-0.2, 0) is 19.1 Å². The second kappa shape index (κ2) is 11.7. The highest BCUT2D eigenvalue weighted by Crippen LogP contribution is 2.16. The lowest BCUT2D eigenvalue weighted by Crippen LogP contribution is -2.58. The summed E-state index contributed by atoms with van der Waals surface area (Å²) in [5.41, 5.74) is 1.33. The normalized spacial score (nSPS) is 18.6. The summed E-state index contributed by atoms with van der Waals surface area (Å²) >= 11 is 0. The molecule has 1 aromatic rings. The Morgan fingerprint density at radius 1 is 1.09 bits per heavy atom. The molecular weight excluding hydrogens is 424 g/mol. The van der Waals surface area contributed by atoms with E-state index in [2.05, 4.69) is 10.6 Å². The van der Waals surface area contributed by atoms with Crippen LogP contribution >= 0.6 is 0 Å². The van der Waals surface area contributed by atoms with E-state index < -0.39 is 12.0 Å². The number of anilines is 1. The minimum Gasteiger partial charge on any atom is -0.465 e. The molecule has 0 bridgehead atoms. The van der Waals surface area contributed by atoms with Gasteiger partial charge >= 0.3 is 5.97 Å². The van der Waals surface area contributed by atoms with Gasteiger partial charge in [-0.1, -0.05) is 13.8 Å². The topological polar surface area (TPSA) is 108 Å². The molecule has 9 heteroatoms. The van der Waals surface area contributed by atoms with Crippen LogP contribution in [0.5, 0.6) is 0 Å². The maximum Gasteiger partial charge on any atom is 0.308 e. The zero-order valence-electron chi connectivity index (χ0n) is 19.5. The van der Waals surface area contributed by atoms with Crippen LogP contribution in [0.2, 0.25) is 0 Å². The molecule has 2 heterocycles. The van der Waals surface area contributed by atoms with Crippen LogP contribution in [0.15, 0.2) is 24.3 Å². The fraction of sp³-hybridized carbons (Fsp3) is 0.583. The molecule has 2 aliphatic heterocycles. The lowest BCUT2D eigenvalue weighted by atomic mass is 10.1. The van der Waals surface area contributed by atoms with Gasteiger partial charge in [0, 0.05) is 37.4 Å². The number of amides is 3. The molecule has 2 aliphatic rings. The first-order valence-electron chi connectivity index (χ1n) is 11.7. The van der Waals surface area contributed by atoms with E-state index in [0.717, 1.165) is 25.9 Å². The van der Waals surface area contributed by atoms with Crippen molar-refractivity contribution >= 4 is 29.4 Å². The number of benzene rings is 1. The molecule has 1 atom stereocenters. The van der Waals surface area contributed by atoms with E-state index in [-0.39, 0.29) is 43.2 Å². The van der Waals surface area contributed by atoms with E-state index in [1.54, 1.807) is 24.3 Å². The van der Waals surface area contributed by atoms with Crippen LogP contribution in [0.25, 0.3) is 0 Å². The zero-order chi connectivity index (χ0) is 23.8. The predicted octanol–water partition coefficient (Wildman–Crippen LogP) is 1.64. The molecule has 33 heavy (non-hydrogen) atoms. The molecule has 2 fully saturated rings. The largest absolute Gasteiger partial charge is 0.465 e. The minimum atomic E-state index is -0.878. The smallest absolute Gasteiger partial charge is 0.308 e. The first-order chi connectivity index (χ1) is 15.8. The molecule has 0 spiro atoms. The van der Waals surface area contributed by atoms with Gasteiger partial charge in [0.05, 0.1) is 19.6 Å². The van der Waals surface area contributed by atoms with Gasteiger partial charge in [-0.3, -0.25) is 19.2 Å². The van der Waals surface area contributed by atoms with Crippen molar-refractivity contribution in [2.24, 2.45) is 5.92 Å². The van der Waals surface area contributed by atoms with E-state index >= 15 is 0 Å². The van der Waals surface area contributed by atoms with Crippen LogP contribution in [0, 0.1) is 5.92 Å². The molecule has 0 saturated carbocycles. The Morgan fingerprint density at radius 3 is 2.45 bits per heavy atom. The number of rotatable bonds is 8. The molecule has 1 unspecified atom stereocenters. The first kappa shape index (κ1) is 24.5. The molecule has 2 N–H and O–H groups in total. The van der Waals surface area contributed by atoms with Gasteiger partial charge in [0.2, 0.25) is 11.8 Å². The summed E-state index contributed by atoms with van der Waals surface area (Å²) in [5.74, 6) is -0.899. The molecule has 3 rings (SSSR count). The second-order valence-electron chi connectivity index (χ2n) is 8.96. The third kappa shape index (κ3) is 6.94. The van der Waals surface area contributed by atoms with Crippen molar-refractivity contribution in [1.29, 1.82) is 0 Å². The number of piperazine rings is 1. The molecule has 0 aliphatic carbocycles. The van der Waals surface area contributed by atoms with Gasteiger partial charge in [-0.15, -0.1) is 0 Å². The molecular formula is C24H34N4O5. The van der Waals surface area contributed by atoms with E-state index in [4.69, 9.17) is 4.74 Å². The van der Waals surface area contributed by atoms with E-state index in [0.29, 0.717) is 24.3 Å². The van der Waals surface area contributed by atoms with Gasteiger partial charge < -0.3 is 25.2 Å². The van der Waals surface area contributed by atoms with Crippen molar-refractivity contribution in [3.8, 4) is 0 Å². The predicted molar refractivity (Wildman–Crippen MR) is 124 cm³/mol. The Kier molecular flexibility index (Phi) is 8.68. The van der Waals surface area contributed by atoms with Crippen LogP contribution in [0.1, 0.15) is 49.9 Å². The third-order valence-electron chi connectivity index (χ3n) is 5.81. The lowest BCUT2D eigenvalue weighted by Gasteiger charge is -2.34. The Bertz CT molecular complexity index is 849. The molecule has 3 amide bonds. The summed E-state index contributed by atoms with van der Waals surface area (Å²) in [5, 5.41) is 5.76. The highest BCUT2D eigenvalue weighted by atomic mass is 16.5. The zero-order valence-corrected chi connectivity index (χ0v) is 19.5. The van der Waals surface area contributed by atoms with Crippen LogP contribution in [0.4, 0.5) is 5.69 Å². The maximum atomic E-state index is 12.8. The summed E-state index contributed by atoms with van der Waals surface area (Å²) in [7, 11) is 0. The number of piperidine rings is 1. The number of nitrogens with one attached hydrogen (secondary N) is 2. The first-order valence-corrected chi connectivity index (χ1v) is 11.7. The van der Waals surface area contributed by atoms with Gasteiger partial charge in [0.15, 0.2) is 0 Å². The summed E-state index contributed by atoms with van der Waals surface area (Å²) in [6, 6.07) is 6.18. The Morgan fingerprint density at radius 2 is 1.79 bits per heavy atom. The minimum absolute atomic E-state index is 0.0236. The lowest BCUT2D eigenvalue weighted by molar-refractivity contribution is -0.152. The van der Waals surface area contributed by atoms with Crippen LogP contribution in [-0.4, -0.2) is 78.9 Å². The summed E-state index contributed by atoms with van der Waals surface area (Å²) in [6.45, 7) is 6.37. The monoisotopic (exact) mass is 458 g/mol. The summed E-state index contributed by atoms with van der Waals surface area (Å²) in [4.78, 5) is 53.2. The van der Waals surface area contributed by atoms with Gasteiger partial charge in [0.1, 0.15) is 6.04 Å². The van der Waals surface area contributed by atoms with E-state index in [1.165, 1.54) is 11.3 Å². The van der Waals surface area contributed by atoms with Gasteiger partial charge in [-0.05, 0) is 49.4 Å². The SMILES string of the molecule is CC(C)COC(=O)CC1C(=O)NCCN1C(=O)CNc1ccc(C(=O)N2CCCCC2)cc1. The molecule has 0 radical (unpaired) electrons. The number of carbonyl (C=O) groups is 4. The Balaban J connectivity index is 1.54. The molecule has 1 aromatic carbocycles. The highest BCUT2D eigenvalue weighted by molar-refractivity contribution is 5.95. The number of hydrogen-bond acceptors (Lipinski definition) is 6. The van der Waals surface area contributed by atoms with Crippen LogP contribution in [0.3, 0.4) is 0 Å². The van der Waals surface area contributed by atoms with Crippen molar-refractivity contribution in [2.75, 3.05) is 44.6 Å². The van der Waals surface area contributed by atoms with Crippen molar-refractivity contribution in [1.82, 2.24) is 15.1 Å². The van der Waals surface area contributed by atoms with Crippen molar-refractivity contribution in [2.45, 2.75) is 45.6 Å². The third-order valence-corrected chi connectivity index (χ3v) is 5.81. The number of esters is 1. The molecule has 0 aromatic heterocycles. The number of carbonyl (C=O) groups excluding carboxylic acids is 4.